The second-order valence-corrected chi connectivity index (χ2v) is 6.83. The monoisotopic (exact) mass is 291 g/mol. The lowest BCUT2D eigenvalue weighted by molar-refractivity contribution is 0.0301. The minimum absolute atomic E-state index is 0.219. The molecule has 2 atom stereocenters. The number of hydrogen-bond donors (Lipinski definition) is 1. The van der Waals surface area contributed by atoms with E-state index in [-0.39, 0.29) is 5.41 Å². The fourth-order valence-electron chi connectivity index (χ4n) is 2.71. The molecule has 1 rings (SSSR count). The van der Waals surface area contributed by atoms with E-state index in [4.69, 9.17) is 4.74 Å². The van der Waals surface area contributed by atoms with Crippen molar-refractivity contribution in [3.05, 3.63) is 35.4 Å². The lowest BCUT2D eigenvalue weighted by atomic mass is 9.86. The second-order valence-electron chi connectivity index (χ2n) is 6.83. The van der Waals surface area contributed by atoms with Gasteiger partial charge in [-0.2, -0.15) is 0 Å². The van der Waals surface area contributed by atoms with Gasteiger partial charge in [0.05, 0.1) is 6.10 Å². The predicted octanol–water partition coefficient (Wildman–Crippen LogP) is 4.32. The van der Waals surface area contributed by atoms with Crippen LogP contribution >= 0.6 is 0 Å². The molecule has 21 heavy (non-hydrogen) atoms. The molecule has 0 spiro atoms. The van der Waals surface area contributed by atoms with Gasteiger partial charge >= 0.3 is 0 Å². The van der Waals surface area contributed by atoms with Crippen molar-refractivity contribution >= 4 is 0 Å². The smallest absolute Gasteiger partial charge is 0.0730 e. The second kappa shape index (κ2) is 8.55. The van der Waals surface area contributed by atoms with Crippen molar-refractivity contribution in [2.75, 3.05) is 13.7 Å². The third-order valence-corrected chi connectivity index (χ3v) is 4.05. The lowest BCUT2D eigenvalue weighted by Gasteiger charge is -2.27. The molecule has 0 aliphatic rings. The van der Waals surface area contributed by atoms with Gasteiger partial charge in [0.15, 0.2) is 0 Å². The summed E-state index contributed by atoms with van der Waals surface area (Å²) >= 11 is 0. The topological polar surface area (TPSA) is 21.3 Å². The molecule has 120 valence electrons. The Hall–Kier alpha value is -0.860. The fourth-order valence-corrected chi connectivity index (χ4v) is 2.71. The first-order chi connectivity index (χ1) is 9.92. The van der Waals surface area contributed by atoms with E-state index in [9.17, 15) is 0 Å². The Bertz CT molecular complexity index is 385. The lowest BCUT2D eigenvalue weighted by Crippen LogP contribution is -2.41. The van der Waals surface area contributed by atoms with Crippen LogP contribution in [0.15, 0.2) is 24.3 Å². The molecular weight excluding hydrogens is 258 g/mol. The minimum atomic E-state index is 0.219. The number of likely N-dealkylation sites (N-methyl/N-ethyl adjacent to an activating group) is 1. The van der Waals surface area contributed by atoms with Crippen LogP contribution in [0.4, 0.5) is 0 Å². The first-order valence-electron chi connectivity index (χ1n) is 8.30. The number of benzene rings is 1. The van der Waals surface area contributed by atoms with Gasteiger partial charge in [-0.1, -0.05) is 58.4 Å². The van der Waals surface area contributed by atoms with E-state index in [0.717, 1.165) is 25.9 Å². The van der Waals surface area contributed by atoms with Crippen molar-refractivity contribution in [2.45, 2.75) is 71.4 Å². The first-order valence-corrected chi connectivity index (χ1v) is 8.30. The van der Waals surface area contributed by atoms with E-state index >= 15 is 0 Å². The Morgan fingerprint density at radius 1 is 1.10 bits per heavy atom. The Morgan fingerprint density at radius 3 is 2.14 bits per heavy atom. The fraction of sp³-hybridized carbons (Fsp3) is 0.684. The molecule has 0 aliphatic carbocycles. The third kappa shape index (κ3) is 5.80. The van der Waals surface area contributed by atoms with E-state index in [2.05, 4.69) is 64.2 Å². The van der Waals surface area contributed by atoms with Gasteiger partial charge < -0.3 is 10.1 Å². The van der Waals surface area contributed by atoms with Crippen LogP contribution in [0.3, 0.4) is 0 Å². The zero-order valence-corrected chi connectivity index (χ0v) is 14.7. The van der Waals surface area contributed by atoms with Gasteiger partial charge in [0.1, 0.15) is 0 Å². The Labute approximate surface area is 131 Å². The molecule has 0 heterocycles. The van der Waals surface area contributed by atoms with Crippen LogP contribution in [-0.2, 0) is 16.6 Å². The highest BCUT2D eigenvalue weighted by molar-refractivity contribution is 5.28. The van der Waals surface area contributed by atoms with Crippen LogP contribution in [0.1, 0.15) is 58.6 Å². The summed E-state index contributed by atoms with van der Waals surface area (Å²) in [6.45, 7) is 11.8. The quantitative estimate of drug-likeness (QED) is 0.770. The molecule has 2 heteroatoms. The van der Waals surface area contributed by atoms with E-state index in [1.807, 2.05) is 7.05 Å². The Morgan fingerprint density at radius 2 is 1.71 bits per heavy atom. The van der Waals surface area contributed by atoms with Gasteiger partial charge in [-0.3, -0.25) is 0 Å². The highest BCUT2D eigenvalue weighted by atomic mass is 16.5. The molecule has 0 aromatic heterocycles. The van der Waals surface area contributed by atoms with Gasteiger partial charge in [0.25, 0.3) is 0 Å². The average molecular weight is 291 g/mol. The predicted molar refractivity (Wildman–Crippen MR) is 92.0 cm³/mol. The third-order valence-electron chi connectivity index (χ3n) is 4.05. The summed E-state index contributed by atoms with van der Waals surface area (Å²) in [7, 11) is 2.04. The van der Waals surface area contributed by atoms with Gasteiger partial charge in [0, 0.05) is 12.6 Å². The zero-order valence-electron chi connectivity index (χ0n) is 14.7. The summed E-state index contributed by atoms with van der Waals surface area (Å²) in [6.07, 6.45) is 3.59. The normalized spacial score (nSPS) is 15.0. The number of nitrogens with one attached hydrogen (secondary N) is 1. The molecule has 2 unspecified atom stereocenters. The van der Waals surface area contributed by atoms with E-state index in [1.54, 1.807) is 0 Å². The van der Waals surface area contributed by atoms with Crippen LogP contribution in [0.5, 0.6) is 0 Å². The maximum Gasteiger partial charge on any atom is 0.0730 e. The maximum absolute atomic E-state index is 5.92. The average Bonchev–Trinajstić information content (AvgIpc) is 2.44. The van der Waals surface area contributed by atoms with Crippen LogP contribution in [0.25, 0.3) is 0 Å². The van der Waals surface area contributed by atoms with Crippen LogP contribution < -0.4 is 5.32 Å². The van der Waals surface area contributed by atoms with Crippen molar-refractivity contribution in [3.63, 3.8) is 0 Å². The van der Waals surface area contributed by atoms with Crippen LogP contribution in [0, 0.1) is 0 Å². The summed E-state index contributed by atoms with van der Waals surface area (Å²) in [5.41, 5.74) is 2.99. The number of hydrogen-bond acceptors (Lipinski definition) is 2. The number of ether oxygens (including phenoxy) is 1. The van der Waals surface area contributed by atoms with Gasteiger partial charge in [-0.25, -0.2) is 0 Å². The molecule has 0 saturated carbocycles. The summed E-state index contributed by atoms with van der Waals surface area (Å²) < 4.78 is 5.92. The SMILES string of the molecule is CCCC(OCC)C(Cc1ccc(C(C)(C)C)cc1)NC. The molecule has 0 bridgehead atoms. The van der Waals surface area contributed by atoms with Crippen molar-refractivity contribution in [2.24, 2.45) is 0 Å². The summed E-state index contributed by atoms with van der Waals surface area (Å²) in [4.78, 5) is 0. The molecule has 1 N–H and O–H groups in total. The largest absolute Gasteiger partial charge is 0.377 e. The summed E-state index contributed by atoms with van der Waals surface area (Å²) in [6, 6.07) is 9.43. The zero-order chi connectivity index (χ0) is 15.9. The van der Waals surface area contributed by atoms with E-state index < -0.39 is 0 Å². The molecule has 0 saturated heterocycles. The van der Waals surface area contributed by atoms with E-state index in [1.165, 1.54) is 11.1 Å². The van der Waals surface area contributed by atoms with Gasteiger partial charge in [-0.05, 0) is 43.4 Å². The molecule has 0 amide bonds. The molecule has 0 radical (unpaired) electrons. The molecule has 0 fully saturated rings. The van der Waals surface area contributed by atoms with Crippen molar-refractivity contribution in [1.29, 1.82) is 0 Å². The van der Waals surface area contributed by atoms with Crippen molar-refractivity contribution in [1.82, 2.24) is 5.32 Å². The summed E-state index contributed by atoms with van der Waals surface area (Å²) in [5, 5.41) is 3.44. The number of rotatable bonds is 8. The highest BCUT2D eigenvalue weighted by Gasteiger charge is 2.20. The Kier molecular flexibility index (Phi) is 7.41. The van der Waals surface area contributed by atoms with Crippen LogP contribution in [-0.4, -0.2) is 25.8 Å². The molecule has 1 aromatic rings. The van der Waals surface area contributed by atoms with Crippen molar-refractivity contribution in [3.8, 4) is 0 Å². The van der Waals surface area contributed by atoms with Crippen molar-refractivity contribution < 1.29 is 4.74 Å². The molecule has 2 nitrogen and oxygen atoms in total. The molecule has 1 aromatic carbocycles. The van der Waals surface area contributed by atoms with Crippen LogP contribution in [0.2, 0.25) is 0 Å². The minimum Gasteiger partial charge on any atom is -0.377 e. The standard InChI is InChI=1S/C19H33NO/c1-7-9-18(21-8-2)17(20-6)14-15-10-12-16(13-11-15)19(3,4)5/h10-13,17-18,20H,7-9,14H2,1-6H3. The Balaban J connectivity index is 2.76. The first kappa shape index (κ1) is 18.2. The van der Waals surface area contributed by atoms with Gasteiger partial charge in [0.2, 0.25) is 0 Å². The summed E-state index contributed by atoms with van der Waals surface area (Å²) in [5.74, 6) is 0. The molecular formula is C19H33NO. The van der Waals surface area contributed by atoms with Gasteiger partial charge in [-0.15, -0.1) is 0 Å². The van der Waals surface area contributed by atoms with E-state index in [0.29, 0.717) is 12.1 Å². The highest BCUT2D eigenvalue weighted by Crippen LogP contribution is 2.23. The molecule has 0 aliphatic heterocycles. The maximum atomic E-state index is 5.92.